The minimum Gasteiger partial charge on any atom is -0.316 e. The first-order valence-electron chi connectivity index (χ1n) is 5.22. The molecule has 2 aromatic rings. The van der Waals surface area contributed by atoms with Gasteiger partial charge in [-0.2, -0.15) is 13.2 Å². The van der Waals surface area contributed by atoms with Crippen LogP contribution in [0.4, 0.5) is 13.2 Å². The molecule has 0 aliphatic heterocycles. The molecule has 4 heteroatoms. The molecule has 0 saturated heterocycles. The summed E-state index contributed by atoms with van der Waals surface area (Å²) in [5.74, 6) is 0. The predicted molar refractivity (Wildman–Crippen MR) is 61.7 cm³/mol. The van der Waals surface area contributed by atoms with Crippen molar-refractivity contribution in [3.8, 4) is 0 Å². The summed E-state index contributed by atoms with van der Waals surface area (Å²) in [7, 11) is 0. The van der Waals surface area contributed by atoms with E-state index in [1.807, 2.05) is 0 Å². The number of rotatable bonds is 1. The van der Waals surface area contributed by atoms with Crippen molar-refractivity contribution < 1.29 is 13.2 Å². The number of alkyl halides is 3. The maximum Gasteiger partial charge on any atom is 0.407 e. The van der Waals surface area contributed by atoms with Gasteiger partial charge in [0.25, 0.3) is 0 Å². The highest BCUT2D eigenvalue weighted by atomic mass is 19.4. The topological polar surface area (TPSA) is 26.0 Å². The molecule has 0 heterocycles. The summed E-state index contributed by atoms with van der Waals surface area (Å²) in [5, 5.41) is 1.34. The number of fused-ring (bicyclic) bond motifs is 1. The molecule has 0 bridgehead atoms. The van der Waals surface area contributed by atoms with Crippen LogP contribution in [0.1, 0.15) is 17.2 Å². The fraction of sp³-hybridized carbons (Fsp3) is 0.231. The largest absolute Gasteiger partial charge is 0.407 e. The fourth-order valence-corrected chi connectivity index (χ4v) is 1.98. The molecule has 2 N–H and O–H groups in total. The summed E-state index contributed by atoms with van der Waals surface area (Å²) in [6, 6.07) is 8.49. The van der Waals surface area contributed by atoms with Crippen molar-refractivity contribution >= 4 is 10.8 Å². The molecule has 17 heavy (non-hydrogen) atoms. The van der Waals surface area contributed by atoms with Crippen LogP contribution < -0.4 is 5.73 Å². The van der Waals surface area contributed by atoms with Crippen LogP contribution in [0.3, 0.4) is 0 Å². The molecule has 0 radical (unpaired) electrons. The van der Waals surface area contributed by atoms with Gasteiger partial charge in [0.1, 0.15) is 6.04 Å². The van der Waals surface area contributed by atoms with Gasteiger partial charge in [-0.05, 0) is 28.8 Å². The summed E-state index contributed by atoms with van der Waals surface area (Å²) in [5.41, 5.74) is 6.04. The van der Waals surface area contributed by atoms with Crippen LogP contribution in [0, 0.1) is 6.92 Å². The van der Waals surface area contributed by atoms with Gasteiger partial charge in [-0.15, -0.1) is 0 Å². The minimum absolute atomic E-state index is 0.163. The number of aryl methyl sites for hydroxylation is 1. The standard InChI is InChI=1S/C13H12F3N/c1-8-6-7-9-4-2-3-5-10(9)11(8)12(17)13(14,15)16/h2-7,12H,17H2,1H3/t12-/m1/s1. The van der Waals surface area contributed by atoms with E-state index in [-0.39, 0.29) is 5.56 Å². The van der Waals surface area contributed by atoms with E-state index in [9.17, 15) is 13.2 Å². The maximum atomic E-state index is 12.7. The molecule has 2 aromatic carbocycles. The Balaban J connectivity index is 2.71. The van der Waals surface area contributed by atoms with Crippen LogP contribution >= 0.6 is 0 Å². The van der Waals surface area contributed by atoms with Crippen molar-refractivity contribution in [1.29, 1.82) is 0 Å². The Bertz CT molecular complexity index is 546. The van der Waals surface area contributed by atoms with Gasteiger partial charge in [0, 0.05) is 0 Å². The first kappa shape index (κ1) is 11.9. The fourth-order valence-electron chi connectivity index (χ4n) is 1.98. The van der Waals surface area contributed by atoms with Crippen molar-refractivity contribution in [2.45, 2.75) is 19.1 Å². The quantitative estimate of drug-likeness (QED) is 0.806. The lowest BCUT2D eigenvalue weighted by Gasteiger charge is -2.20. The van der Waals surface area contributed by atoms with E-state index >= 15 is 0 Å². The molecule has 0 saturated carbocycles. The second kappa shape index (κ2) is 4.04. The Hall–Kier alpha value is -1.55. The second-order valence-electron chi connectivity index (χ2n) is 4.04. The van der Waals surface area contributed by atoms with E-state index < -0.39 is 12.2 Å². The second-order valence-corrected chi connectivity index (χ2v) is 4.04. The number of halogens is 3. The van der Waals surface area contributed by atoms with Crippen LogP contribution in [0.2, 0.25) is 0 Å². The molecule has 1 nitrogen and oxygen atoms in total. The minimum atomic E-state index is -4.42. The molecule has 0 spiro atoms. The Morgan fingerprint density at radius 2 is 1.71 bits per heavy atom. The summed E-state index contributed by atoms with van der Waals surface area (Å²) < 4.78 is 38.2. The summed E-state index contributed by atoms with van der Waals surface area (Å²) in [4.78, 5) is 0. The number of benzene rings is 2. The molecular weight excluding hydrogens is 227 g/mol. The van der Waals surface area contributed by atoms with E-state index in [0.29, 0.717) is 10.9 Å². The normalized spacial score (nSPS) is 13.9. The molecule has 0 aromatic heterocycles. The van der Waals surface area contributed by atoms with Crippen molar-refractivity contribution in [1.82, 2.24) is 0 Å². The smallest absolute Gasteiger partial charge is 0.316 e. The van der Waals surface area contributed by atoms with Gasteiger partial charge in [-0.1, -0.05) is 36.4 Å². The van der Waals surface area contributed by atoms with Crippen molar-refractivity contribution in [2.75, 3.05) is 0 Å². The Kier molecular flexibility index (Phi) is 2.83. The van der Waals surface area contributed by atoms with Gasteiger partial charge >= 0.3 is 6.18 Å². The van der Waals surface area contributed by atoms with Crippen molar-refractivity contribution in [3.05, 3.63) is 47.5 Å². The third-order valence-corrected chi connectivity index (χ3v) is 2.85. The molecule has 0 unspecified atom stereocenters. The van der Waals surface area contributed by atoms with Crippen LogP contribution in [-0.4, -0.2) is 6.18 Å². The average molecular weight is 239 g/mol. The zero-order valence-corrected chi connectivity index (χ0v) is 9.25. The van der Waals surface area contributed by atoms with Crippen LogP contribution in [0.25, 0.3) is 10.8 Å². The van der Waals surface area contributed by atoms with E-state index in [2.05, 4.69) is 0 Å². The summed E-state index contributed by atoms with van der Waals surface area (Å²) in [6.07, 6.45) is -4.42. The highest BCUT2D eigenvalue weighted by molar-refractivity contribution is 5.87. The summed E-state index contributed by atoms with van der Waals surface area (Å²) >= 11 is 0. The molecule has 0 amide bonds. The number of hydrogen-bond donors (Lipinski definition) is 1. The molecular formula is C13H12F3N. The zero-order valence-electron chi connectivity index (χ0n) is 9.25. The Morgan fingerprint density at radius 3 is 2.35 bits per heavy atom. The zero-order chi connectivity index (χ0) is 12.6. The van der Waals surface area contributed by atoms with Crippen LogP contribution in [0.15, 0.2) is 36.4 Å². The number of hydrogen-bond acceptors (Lipinski definition) is 1. The van der Waals surface area contributed by atoms with Crippen molar-refractivity contribution in [3.63, 3.8) is 0 Å². The monoisotopic (exact) mass is 239 g/mol. The van der Waals surface area contributed by atoms with Gasteiger partial charge in [-0.3, -0.25) is 0 Å². The highest BCUT2D eigenvalue weighted by Gasteiger charge is 2.39. The average Bonchev–Trinajstić information content (AvgIpc) is 2.27. The molecule has 90 valence electrons. The maximum absolute atomic E-state index is 12.7. The van der Waals surface area contributed by atoms with Gasteiger partial charge < -0.3 is 5.73 Å². The van der Waals surface area contributed by atoms with Gasteiger partial charge in [0.05, 0.1) is 0 Å². The first-order valence-corrected chi connectivity index (χ1v) is 5.22. The Morgan fingerprint density at radius 1 is 1.06 bits per heavy atom. The Labute approximate surface area is 97.0 Å². The summed E-state index contributed by atoms with van der Waals surface area (Å²) in [6.45, 7) is 1.65. The molecule has 0 aliphatic carbocycles. The lowest BCUT2D eigenvalue weighted by Crippen LogP contribution is -2.29. The van der Waals surface area contributed by atoms with E-state index in [1.165, 1.54) is 0 Å². The van der Waals surface area contributed by atoms with Gasteiger partial charge in [0.15, 0.2) is 0 Å². The lowest BCUT2D eigenvalue weighted by molar-refractivity contribution is -0.149. The lowest BCUT2D eigenvalue weighted by atomic mass is 9.94. The van der Waals surface area contributed by atoms with Gasteiger partial charge in [-0.25, -0.2) is 0 Å². The number of nitrogens with two attached hydrogens (primary N) is 1. The molecule has 0 fully saturated rings. The van der Waals surface area contributed by atoms with Crippen molar-refractivity contribution in [2.24, 2.45) is 5.73 Å². The molecule has 2 rings (SSSR count). The third kappa shape index (κ3) is 2.13. The molecule has 1 atom stereocenters. The molecule has 0 aliphatic rings. The SMILES string of the molecule is Cc1ccc2ccccc2c1[C@@H](N)C(F)(F)F. The van der Waals surface area contributed by atoms with Crippen LogP contribution in [-0.2, 0) is 0 Å². The van der Waals surface area contributed by atoms with E-state index in [4.69, 9.17) is 5.73 Å². The van der Waals surface area contributed by atoms with E-state index in [0.717, 1.165) is 5.39 Å². The van der Waals surface area contributed by atoms with E-state index in [1.54, 1.807) is 43.3 Å². The first-order chi connectivity index (χ1) is 7.91. The van der Waals surface area contributed by atoms with Gasteiger partial charge in [0.2, 0.25) is 0 Å². The predicted octanol–water partition coefficient (Wildman–Crippen LogP) is 3.71. The highest BCUT2D eigenvalue weighted by Crippen LogP contribution is 2.36. The van der Waals surface area contributed by atoms with Crippen LogP contribution in [0.5, 0.6) is 0 Å². The third-order valence-electron chi connectivity index (χ3n) is 2.85.